The molecule has 0 bridgehead atoms. The summed E-state index contributed by atoms with van der Waals surface area (Å²) in [6, 6.07) is 5.41. The standard InChI is InChI=1S/C20H18O7/c1-20(2)16(23)7-11-14(27-20)4-3-10(18(11)24)12-8-26-15-6-9(21)5-13(22)17(15)19(12)25/h3-6,8,16,21-24H,7H2,1-2H3. The molecule has 1 atom stereocenters. The first-order valence-electron chi connectivity index (χ1n) is 8.39. The Morgan fingerprint density at radius 3 is 2.59 bits per heavy atom. The van der Waals surface area contributed by atoms with Crippen LogP contribution in [0.1, 0.15) is 19.4 Å². The van der Waals surface area contributed by atoms with E-state index in [1.807, 2.05) is 0 Å². The molecule has 1 aliphatic heterocycles. The number of rotatable bonds is 1. The highest BCUT2D eigenvalue weighted by Crippen LogP contribution is 2.43. The second kappa shape index (κ2) is 5.65. The summed E-state index contributed by atoms with van der Waals surface area (Å²) in [6.45, 7) is 3.50. The lowest BCUT2D eigenvalue weighted by Crippen LogP contribution is -2.46. The van der Waals surface area contributed by atoms with E-state index in [2.05, 4.69) is 0 Å². The van der Waals surface area contributed by atoms with Crippen LogP contribution in [0.15, 0.2) is 39.7 Å². The first kappa shape index (κ1) is 17.2. The third-order valence-corrected chi connectivity index (χ3v) is 4.94. The minimum Gasteiger partial charge on any atom is -0.508 e. The van der Waals surface area contributed by atoms with Crippen LogP contribution in [0.4, 0.5) is 0 Å². The van der Waals surface area contributed by atoms with Gasteiger partial charge in [-0.25, -0.2) is 0 Å². The third kappa shape index (κ3) is 2.59. The molecular formula is C20H18O7. The smallest absolute Gasteiger partial charge is 0.204 e. The van der Waals surface area contributed by atoms with E-state index in [4.69, 9.17) is 9.15 Å². The minimum atomic E-state index is -0.828. The van der Waals surface area contributed by atoms with Crippen molar-refractivity contribution < 1.29 is 29.6 Å². The molecular weight excluding hydrogens is 352 g/mol. The van der Waals surface area contributed by atoms with Gasteiger partial charge in [-0.05, 0) is 26.0 Å². The van der Waals surface area contributed by atoms with Crippen LogP contribution < -0.4 is 10.2 Å². The van der Waals surface area contributed by atoms with Gasteiger partial charge < -0.3 is 29.6 Å². The molecule has 1 aromatic heterocycles. The van der Waals surface area contributed by atoms with Crippen LogP contribution in [-0.2, 0) is 6.42 Å². The molecule has 7 nitrogen and oxygen atoms in total. The summed E-state index contributed by atoms with van der Waals surface area (Å²) in [4.78, 5) is 12.9. The van der Waals surface area contributed by atoms with Crippen molar-refractivity contribution in [2.75, 3.05) is 0 Å². The topological polar surface area (TPSA) is 120 Å². The first-order valence-corrected chi connectivity index (χ1v) is 8.39. The zero-order valence-corrected chi connectivity index (χ0v) is 14.7. The maximum atomic E-state index is 12.9. The predicted octanol–water partition coefficient (Wildman–Crippen LogP) is 2.65. The van der Waals surface area contributed by atoms with E-state index in [0.717, 1.165) is 12.3 Å². The fourth-order valence-electron chi connectivity index (χ4n) is 3.32. The Morgan fingerprint density at radius 2 is 1.85 bits per heavy atom. The number of phenols is 3. The lowest BCUT2D eigenvalue weighted by atomic mass is 9.89. The Hall–Kier alpha value is -3.19. The van der Waals surface area contributed by atoms with E-state index >= 15 is 0 Å². The summed E-state index contributed by atoms with van der Waals surface area (Å²) >= 11 is 0. The number of aromatic hydroxyl groups is 3. The van der Waals surface area contributed by atoms with Crippen molar-refractivity contribution >= 4 is 11.0 Å². The summed E-state index contributed by atoms with van der Waals surface area (Å²) < 4.78 is 11.1. The molecule has 0 fully saturated rings. The van der Waals surface area contributed by atoms with Gasteiger partial charge in [0.1, 0.15) is 45.8 Å². The molecule has 1 aliphatic rings. The van der Waals surface area contributed by atoms with E-state index in [1.54, 1.807) is 19.9 Å². The number of phenolic OH excluding ortho intramolecular Hbond substituents is 3. The fourth-order valence-corrected chi connectivity index (χ4v) is 3.32. The van der Waals surface area contributed by atoms with Crippen molar-refractivity contribution in [1.29, 1.82) is 0 Å². The summed E-state index contributed by atoms with van der Waals surface area (Å²) in [5, 5.41) is 40.4. The molecule has 27 heavy (non-hydrogen) atoms. The lowest BCUT2D eigenvalue weighted by molar-refractivity contribution is -0.0416. The maximum Gasteiger partial charge on any atom is 0.204 e. The molecule has 4 rings (SSSR count). The van der Waals surface area contributed by atoms with Crippen LogP contribution in [-0.4, -0.2) is 32.1 Å². The van der Waals surface area contributed by atoms with Crippen molar-refractivity contribution in [3.8, 4) is 34.1 Å². The van der Waals surface area contributed by atoms with Crippen molar-refractivity contribution in [1.82, 2.24) is 0 Å². The second-order valence-electron chi connectivity index (χ2n) is 7.18. The number of aliphatic hydroxyl groups is 1. The Morgan fingerprint density at radius 1 is 1.11 bits per heavy atom. The monoisotopic (exact) mass is 370 g/mol. The lowest BCUT2D eigenvalue weighted by Gasteiger charge is -2.37. The van der Waals surface area contributed by atoms with Crippen molar-refractivity contribution in [3.05, 3.63) is 46.3 Å². The second-order valence-corrected chi connectivity index (χ2v) is 7.18. The first-order chi connectivity index (χ1) is 12.7. The van der Waals surface area contributed by atoms with Crippen molar-refractivity contribution in [2.24, 2.45) is 0 Å². The molecule has 2 heterocycles. The van der Waals surface area contributed by atoms with Gasteiger partial charge in [-0.3, -0.25) is 4.79 Å². The van der Waals surface area contributed by atoms with E-state index in [1.165, 1.54) is 12.1 Å². The Bertz CT molecular complexity index is 1130. The molecule has 7 heteroatoms. The third-order valence-electron chi connectivity index (χ3n) is 4.94. The van der Waals surface area contributed by atoms with Gasteiger partial charge in [-0.15, -0.1) is 0 Å². The zero-order valence-electron chi connectivity index (χ0n) is 14.7. The quantitative estimate of drug-likeness (QED) is 0.520. The maximum absolute atomic E-state index is 12.9. The molecule has 0 saturated heterocycles. The molecule has 3 aromatic rings. The number of hydrogen-bond acceptors (Lipinski definition) is 7. The average Bonchev–Trinajstić information content (AvgIpc) is 2.57. The van der Waals surface area contributed by atoms with E-state index < -0.39 is 22.9 Å². The van der Waals surface area contributed by atoms with Crippen molar-refractivity contribution in [3.63, 3.8) is 0 Å². The van der Waals surface area contributed by atoms with Crippen molar-refractivity contribution in [2.45, 2.75) is 32.0 Å². The van der Waals surface area contributed by atoms with Crippen LogP contribution in [0.3, 0.4) is 0 Å². The largest absolute Gasteiger partial charge is 0.508 e. The minimum absolute atomic E-state index is 0.0270. The van der Waals surface area contributed by atoms with Gasteiger partial charge in [0, 0.05) is 29.7 Å². The number of benzene rings is 2. The molecule has 1 unspecified atom stereocenters. The van der Waals surface area contributed by atoms with Crippen LogP contribution >= 0.6 is 0 Å². The number of aliphatic hydroxyl groups excluding tert-OH is 1. The highest BCUT2D eigenvalue weighted by molar-refractivity contribution is 5.89. The number of ether oxygens (including phenoxy) is 1. The van der Waals surface area contributed by atoms with Gasteiger partial charge >= 0.3 is 0 Å². The normalized spacial score (nSPS) is 18.1. The zero-order chi connectivity index (χ0) is 19.5. The van der Waals surface area contributed by atoms with E-state index in [9.17, 15) is 25.2 Å². The molecule has 4 N–H and O–H groups in total. The molecule has 0 saturated carbocycles. The molecule has 0 aliphatic carbocycles. The Kier molecular flexibility index (Phi) is 3.61. The summed E-state index contributed by atoms with van der Waals surface area (Å²) in [7, 11) is 0. The van der Waals surface area contributed by atoms with E-state index in [0.29, 0.717) is 11.3 Å². The molecule has 0 radical (unpaired) electrons. The molecule has 2 aromatic carbocycles. The summed E-state index contributed by atoms with van der Waals surface area (Å²) in [6.07, 6.45) is 0.501. The number of hydrogen-bond donors (Lipinski definition) is 4. The van der Waals surface area contributed by atoms with Gasteiger partial charge in [-0.2, -0.15) is 0 Å². The summed E-state index contributed by atoms with van der Waals surface area (Å²) in [5.74, 6) is -0.406. The Balaban J connectivity index is 1.92. The number of fused-ring (bicyclic) bond motifs is 2. The highest BCUT2D eigenvalue weighted by Gasteiger charge is 2.37. The van der Waals surface area contributed by atoms with Gasteiger partial charge in [0.2, 0.25) is 5.43 Å². The Labute approximate surface area is 153 Å². The van der Waals surface area contributed by atoms with Gasteiger partial charge in [0.15, 0.2) is 0 Å². The van der Waals surface area contributed by atoms with E-state index in [-0.39, 0.29) is 40.0 Å². The predicted molar refractivity (Wildman–Crippen MR) is 97.3 cm³/mol. The van der Waals surface area contributed by atoms with Gasteiger partial charge in [0.05, 0.1) is 11.7 Å². The van der Waals surface area contributed by atoms with Crippen LogP contribution in [0.5, 0.6) is 23.0 Å². The van der Waals surface area contributed by atoms with Crippen LogP contribution in [0.25, 0.3) is 22.1 Å². The van der Waals surface area contributed by atoms with Gasteiger partial charge in [0.25, 0.3) is 0 Å². The highest BCUT2D eigenvalue weighted by atomic mass is 16.5. The fraction of sp³-hybridized carbons (Fsp3) is 0.250. The van der Waals surface area contributed by atoms with Crippen LogP contribution in [0, 0.1) is 0 Å². The summed E-state index contributed by atoms with van der Waals surface area (Å²) in [5.41, 5.74) is -0.679. The molecule has 0 amide bonds. The van der Waals surface area contributed by atoms with Gasteiger partial charge in [-0.1, -0.05) is 0 Å². The average molecular weight is 370 g/mol. The molecule has 0 spiro atoms. The SMILES string of the molecule is CC1(C)Oc2ccc(-c3coc4cc(O)cc(O)c4c3=O)c(O)c2CC1O. The van der Waals surface area contributed by atoms with Crippen LogP contribution in [0.2, 0.25) is 0 Å². The molecule has 140 valence electrons.